The summed E-state index contributed by atoms with van der Waals surface area (Å²) in [5.41, 5.74) is 2.76. The lowest BCUT2D eigenvalue weighted by Gasteiger charge is -2.19. The van der Waals surface area contributed by atoms with Gasteiger partial charge in [0.05, 0.1) is 17.7 Å². The average Bonchev–Trinajstić information content (AvgIpc) is 2.41. The summed E-state index contributed by atoms with van der Waals surface area (Å²) in [5, 5.41) is 12.8. The van der Waals surface area contributed by atoms with Gasteiger partial charge in [-0.3, -0.25) is 0 Å². The van der Waals surface area contributed by atoms with Crippen LogP contribution in [0.1, 0.15) is 17.2 Å². The summed E-state index contributed by atoms with van der Waals surface area (Å²) in [5.74, 6) is -0.460. The van der Waals surface area contributed by atoms with Crippen LogP contribution in [0.3, 0.4) is 0 Å². The van der Waals surface area contributed by atoms with Crippen LogP contribution in [0, 0.1) is 12.7 Å². The Morgan fingerprint density at radius 3 is 2.63 bits per heavy atom. The molecule has 0 aromatic heterocycles. The fourth-order valence-corrected chi connectivity index (χ4v) is 2.08. The summed E-state index contributed by atoms with van der Waals surface area (Å²) in [4.78, 5) is 0. The van der Waals surface area contributed by atoms with Gasteiger partial charge in [-0.1, -0.05) is 35.9 Å². The van der Waals surface area contributed by atoms with E-state index >= 15 is 0 Å². The Bertz CT molecular complexity index is 574. The third-order valence-corrected chi connectivity index (χ3v) is 3.29. The Morgan fingerprint density at radius 1 is 1.26 bits per heavy atom. The van der Waals surface area contributed by atoms with Gasteiger partial charge < -0.3 is 10.4 Å². The highest BCUT2D eigenvalue weighted by atomic mass is 35.5. The Hall–Kier alpha value is -1.58. The lowest BCUT2D eigenvalue weighted by atomic mass is 10.1. The van der Waals surface area contributed by atoms with Crippen molar-refractivity contribution in [2.45, 2.75) is 13.0 Å². The van der Waals surface area contributed by atoms with E-state index < -0.39 is 5.82 Å². The molecule has 1 unspecified atom stereocenters. The molecule has 0 heterocycles. The topological polar surface area (TPSA) is 32.3 Å². The van der Waals surface area contributed by atoms with Crippen LogP contribution in [-0.2, 0) is 0 Å². The first kappa shape index (κ1) is 13.8. The van der Waals surface area contributed by atoms with Crippen molar-refractivity contribution in [3.05, 3.63) is 64.4 Å². The Kier molecular flexibility index (Phi) is 4.40. The highest BCUT2D eigenvalue weighted by Gasteiger charge is 2.13. The SMILES string of the molecule is Cc1ccccc1NC(CO)c1ccc(F)c(Cl)c1. The second-order valence-corrected chi connectivity index (χ2v) is 4.78. The normalized spacial score (nSPS) is 12.2. The van der Waals surface area contributed by atoms with Crippen molar-refractivity contribution in [2.75, 3.05) is 11.9 Å². The summed E-state index contributed by atoms with van der Waals surface area (Å²) in [6, 6.07) is 11.9. The van der Waals surface area contributed by atoms with Gasteiger partial charge in [-0.05, 0) is 36.2 Å². The van der Waals surface area contributed by atoms with Gasteiger partial charge in [-0.15, -0.1) is 0 Å². The van der Waals surface area contributed by atoms with Gasteiger partial charge in [-0.2, -0.15) is 0 Å². The average molecular weight is 280 g/mol. The summed E-state index contributed by atoms with van der Waals surface area (Å²) < 4.78 is 13.1. The molecule has 2 rings (SSSR count). The third kappa shape index (κ3) is 3.25. The van der Waals surface area contributed by atoms with Crippen molar-refractivity contribution in [1.82, 2.24) is 0 Å². The minimum Gasteiger partial charge on any atom is -0.394 e. The maximum atomic E-state index is 13.1. The number of aliphatic hydroxyl groups is 1. The van der Waals surface area contributed by atoms with Crippen LogP contribution in [0.25, 0.3) is 0 Å². The number of aliphatic hydroxyl groups excluding tert-OH is 1. The second kappa shape index (κ2) is 6.04. The smallest absolute Gasteiger partial charge is 0.141 e. The van der Waals surface area contributed by atoms with E-state index in [1.165, 1.54) is 12.1 Å². The molecule has 0 aliphatic heterocycles. The minimum atomic E-state index is -0.460. The van der Waals surface area contributed by atoms with Crippen molar-refractivity contribution in [3.8, 4) is 0 Å². The van der Waals surface area contributed by atoms with Gasteiger partial charge in [0.1, 0.15) is 5.82 Å². The number of hydrogen-bond acceptors (Lipinski definition) is 2. The highest BCUT2D eigenvalue weighted by molar-refractivity contribution is 6.30. The maximum Gasteiger partial charge on any atom is 0.141 e. The summed E-state index contributed by atoms with van der Waals surface area (Å²) in [6.45, 7) is 1.88. The molecule has 2 aromatic rings. The number of para-hydroxylation sites is 1. The molecular formula is C15H15ClFNO. The molecule has 0 aliphatic carbocycles. The van der Waals surface area contributed by atoms with Crippen LogP contribution < -0.4 is 5.32 Å². The van der Waals surface area contributed by atoms with E-state index in [4.69, 9.17) is 11.6 Å². The lowest BCUT2D eigenvalue weighted by molar-refractivity contribution is 0.276. The number of benzene rings is 2. The first-order valence-electron chi connectivity index (χ1n) is 6.00. The van der Waals surface area contributed by atoms with Crippen LogP contribution >= 0.6 is 11.6 Å². The van der Waals surface area contributed by atoms with E-state index in [0.717, 1.165) is 16.8 Å². The van der Waals surface area contributed by atoms with Crippen LogP contribution in [0.4, 0.5) is 10.1 Å². The fraction of sp³-hybridized carbons (Fsp3) is 0.200. The molecule has 19 heavy (non-hydrogen) atoms. The molecule has 1 atom stereocenters. The van der Waals surface area contributed by atoms with Gasteiger partial charge >= 0.3 is 0 Å². The van der Waals surface area contributed by atoms with E-state index in [9.17, 15) is 9.50 Å². The van der Waals surface area contributed by atoms with Crippen LogP contribution in [0.2, 0.25) is 5.02 Å². The zero-order valence-electron chi connectivity index (χ0n) is 10.5. The quantitative estimate of drug-likeness (QED) is 0.889. The monoisotopic (exact) mass is 279 g/mol. The van der Waals surface area contributed by atoms with E-state index in [2.05, 4.69) is 5.32 Å². The maximum absolute atomic E-state index is 13.1. The van der Waals surface area contributed by atoms with Crippen molar-refractivity contribution in [3.63, 3.8) is 0 Å². The Labute approximate surface area is 116 Å². The molecule has 4 heteroatoms. The predicted molar refractivity (Wildman–Crippen MR) is 76.0 cm³/mol. The molecule has 2 N–H and O–H groups in total. The van der Waals surface area contributed by atoms with Gasteiger partial charge in [0.2, 0.25) is 0 Å². The van der Waals surface area contributed by atoms with Gasteiger partial charge in [0, 0.05) is 5.69 Å². The van der Waals surface area contributed by atoms with Gasteiger partial charge in [-0.25, -0.2) is 4.39 Å². The van der Waals surface area contributed by atoms with Crippen molar-refractivity contribution >= 4 is 17.3 Å². The zero-order valence-corrected chi connectivity index (χ0v) is 11.3. The molecule has 100 valence electrons. The van der Waals surface area contributed by atoms with Crippen molar-refractivity contribution in [1.29, 1.82) is 0 Å². The number of rotatable bonds is 4. The molecule has 0 spiro atoms. The van der Waals surface area contributed by atoms with Crippen LogP contribution in [0.5, 0.6) is 0 Å². The summed E-state index contributed by atoms with van der Waals surface area (Å²) in [7, 11) is 0. The van der Waals surface area contributed by atoms with E-state index in [1.54, 1.807) is 6.07 Å². The molecule has 0 aliphatic rings. The molecule has 0 amide bonds. The molecular weight excluding hydrogens is 265 g/mol. The summed E-state index contributed by atoms with van der Waals surface area (Å²) in [6.07, 6.45) is 0. The first-order valence-corrected chi connectivity index (χ1v) is 6.37. The van der Waals surface area contributed by atoms with E-state index in [-0.39, 0.29) is 17.7 Å². The van der Waals surface area contributed by atoms with Gasteiger partial charge in [0.25, 0.3) is 0 Å². The fourth-order valence-electron chi connectivity index (χ4n) is 1.89. The second-order valence-electron chi connectivity index (χ2n) is 4.37. The standard InChI is InChI=1S/C15H15ClFNO/c1-10-4-2-3-5-14(10)18-15(9-19)11-6-7-13(17)12(16)8-11/h2-8,15,18-19H,9H2,1H3. The van der Waals surface area contributed by atoms with E-state index in [0.29, 0.717) is 0 Å². The molecule has 0 saturated heterocycles. The Balaban J connectivity index is 2.25. The number of hydrogen-bond donors (Lipinski definition) is 2. The molecule has 0 fully saturated rings. The molecule has 0 radical (unpaired) electrons. The zero-order chi connectivity index (χ0) is 13.8. The first-order chi connectivity index (χ1) is 9.11. The highest BCUT2D eigenvalue weighted by Crippen LogP contribution is 2.25. The number of nitrogens with one attached hydrogen (secondary N) is 1. The largest absolute Gasteiger partial charge is 0.394 e. The van der Waals surface area contributed by atoms with E-state index in [1.807, 2.05) is 31.2 Å². The van der Waals surface area contributed by atoms with Crippen LogP contribution in [0.15, 0.2) is 42.5 Å². The number of aryl methyl sites for hydroxylation is 1. The predicted octanol–water partition coefficient (Wildman–Crippen LogP) is 3.93. The van der Waals surface area contributed by atoms with Crippen molar-refractivity contribution < 1.29 is 9.50 Å². The lowest BCUT2D eigenvalue weighted by Crippen LogP contribution is -2.15. The van der Waals surface area contributed by atoms with Crippen molar-refractivity contribution in [2.24, 2.45) is 0 Å². The Morgan fingerprint density at radius 2 is 2.00 bits per heavy atom. The molecule has 2 aromatic carbocycles. The van der Waals surface area contributed by atoms with Gasteiger partial charge in [0.15, 0.2) is 0 Å². The third-order valence-electron chi connectivity index (χ3n) is 3.00. The minimum absolute atomic E-state index is 0.0579. The molecule has 0 bridgehead atoms. The molecule has 0 saturated carbocycles. The van der Waals surface area contributed by atoms with Crippen LogP contribution in [-0.4, -0.2) is 11.7 Å². The number of halogens is 2. The molecule has 2 nitrogen and oxygen atoms in total. The number of anilines is 1. The summed E-state index contributed by atoms with van der Waals surface area (Å²) >= 11 is 5.76.